The number of carbonyl (C=O) groups is 2. The monoisotopic (exact) mass is 392 g/mol. The van der Waals surface area contributed by atoms with Gasteiger partial charge in [0.05, 0.1) is 10.8 Å². The van der Waals surface area contributed by atoms with Crippen molar-refractivity contribution in [2.24, 2.45) is 0 Å². The zero-order valence-electron chi connectivity index (χ0n) is 14.7. The fourth-order valence-corrected chi connectivity index (χ4v) is 3.07. The molecule has 0 atom stereocenters. The Morgan fingerprint density at radius 1 is 0.690 bits per heavy atom. The summed E-state index contributed by atoms with van der Waals surface area (Å²) in [7, 11) is 0. The van der Waals surface area contributed by atoms with E-state index in [-0.39, 0.29) is 21.9 Å². The number of hydrogen-bond donors (Lipinski definition) is 2. The van der Waals surface area contributed by atoms with Gasteiger partial charge >= 0.3 is 11.9 Å². The summed E-state index contributed by atoms with van der Waals surface area (Å²) >= 11 is 0. The van der Waals surface area contributed by atoms with E-state index in [1.165, 1.54) is 12.1 Å². The first-order valence-electron chi connectivity index (χ1n) is 8.42. The van der Waals surface area contributed by atoms with Crippen LogP contribution in [-0.2, 0) is 6.42 Å². The molecule has 0 aliphatic heterocycles. The van der Waals surface area contributed by atoms with Crippen molar-refractivity contribution < 1.29 is 28.6 Å². The molecule has 4 rings (SSSR count). The van der Waals surface area contributed by atoms with Crippen LogP contribution in [-0.4, -0.2) is 22.2 Å². The van der Waals surface area contributed by atoms with Crippen molar-refractivity contribution in [2.45, 2.75) is 6.42 Å². The van der Waals surface area contributed by atoms with Gasteiger partial charge in [-0.1, -0.05) is 12.1 Å². The standard InChI is InChI=1S/C21H12O8/c22-14-8-18(20(24)25)28-16-3-1-10(6-12(14)16)5-11-2-4-17-13(7-11)15(23)9-19(29-17)21(26)27/h1-4,6-9H,5H2,(H,24,25)(H,26,27). The minimum absolute atomic E-state index is 0.166. The van der Waals surface area contributed by atoms with Crippen LogP contribution in [0.25, 0.3) is 21.9 Å². The summed E-state index contributed by atoms with van der Waals surface area (Å²) in [5.41, 5.74) is 0.896. The lowest BCUT2D eigenvalue weighted by Crippen LogP contribution is -2.07. The van der Waals surface area contributed by atoms with Crippen molar-refractivity contribution in [3.63, 3.8) is 0 Å². The third-order valence-electron chi connectivity index (χ3n) is 4.41. The molecule has 2 aromatic carbocycles. The van der Waals surface area contributed by atoms with Crippen LogP contribution in [0.2, 0.25) is 0 Å². The highest BCUT2D eigenvalue weighted by Crippen LogP contribution is 2.20. The van der Waals surface area contributed by atoms with Crippen LogP contribution in [0, 0.1) is 0 Å². The molecule has 144 valence electrons. The summed E-state index contributed by atoms with van der Waals surface area (Å²) < 4.78 is 10.4. The quantitative estimate of drug-likeness (QED) is 0.541. The van der Waals surface area contributed by atoms with E-state index in [0.29, 0.717) is 6.42 Å². The second-order valence-corrected chi connectivity index (χ2v) is 6.40. The molecule has 0 unspecified atom stereocenters. The fraction of sp³-hybridized carbons (Fsp3) is 0.0476. The molecule has 0 saturated carbocycles. The highest BCUT2D eigenvalue weighted by atomic mass is 16.4. The lowest BCUT2D eigenvalue weighted by molar-refractivity contribution is 0.0653. The van der Waals surface area contributed by atoms with Gasteiger partial charge in [-0.3, -0.25) is 9.59 Å². The van der Waals surface area contributed by atoms with Crippen molar-refractivity contribution in [3.05, 3.63) is 91.6 Å². The lowest BCUT2D eigenvalue weighted by Gasteiger charge is -2.06. The van der Waals surface area contributed by atoms with E-state index < -0.39 is 34.3 Å². The average molecular weight is 392 g/mol. The molecule has 2 heterocycles. The van der Waals surface area contributed by atoms with Crippen molar-refractivity contribution in [1.29, 1.82) is 0 Å². The van der Waals surface area contributed by atoms with Crippen molar-refractivity contribution in [1.82, 2.24) is 0 Å². The van der Waals surface area contributed by atoms with Gasteiger partial charge in [-0.15, -0.1) is 0 Å². The van der Waals surface area contributed by atoms with E-state index in [1.807, 2.05) is 0 Å². The maximum absolute atomic E-state index is 12.2. The predicted molar refractivity (Wildman–Crippen MR) is 102 cm³/mol. The Bertz CT molecular complexity index is 1320. The van der Waals surface area contributed by atoms with E-state index in [2.05, 4.69) is 0 Å². The van der Waals surface area contributed by atoms with Gasteiger partial charge in [-0.25, -0.2) is 9.59 Å². The number of hydrogen-bond acceptors (Lipinski definition) is 6. The Hall–Kier alpha value is -4.20. The fourth-order valence-electron chi connectivity index (χ4n) is 3.07. The minimum atomic E-state index is -1.32. The van der Waals surface area contributed by atoms with Crippen LogP contribution < -0.4 is 10.9 Å². The maximum Gasteiger partial charge on any atom is 0.371 e. The number of carboxylic acids is 2. The van der Waals surface area contributed by atoms with Gasteiger partial charge in [-0.05, 0) is 41.8 Å². The molecule has 0 fully saturated rings. The van der Waals surface area contributed by atoms with Crippen molar-refractivity contribution in [2.75, 3.05) is 0 Å². The normalized spacial score (nSPS) is 11.0. The first-order chi connectivity index (χ1) is 13.8. The molecule has 0 radical (unpaired) electrons. The molecule has 0 bridgehead atoms. The first kappa shape index (κ1) is 18.2. The summed E-state index contributed by atoms with van der Waals surface area (Å²) in [6, 6.07) is 11.5. The zero-order valence-corrected chi connectivity index (χ0v) is 14.7. The maximum atomic E-state index is 12.2. The molecule has 29 heavy (non-hydrogen) atoms. The molecular formula is C21H12O8. The topological polar surface area (TPSA) is 135 Å². The lowest BCUT2D eigenvalue weighted by atomic mass is 10.0. The van der Waals surface area contributed by atoms with Crippen LogP contribution in [0.5, 0.6) is 0 Å². The number of benzene rings is 2. The van der Waals surface area contributed by atoms with Gasteiger partial charge in [0.15, 0.2) is 10.9 Å². The number of aromatic carboxylic acids is 2. The van der Waals surface area contributed by atoms with Gasteiger partial charge in [0, 0.05) is 12.1 Å². The molecule has 2 N–H and O–H groups in total. The average Bonchev–Trinajstić information content (AvgIpc) is 2.68. The largest absolute Gasteiger partial charge is 0.475 e. The van der Waals surface area contributed by atoms with E-state index in [9.17, 15) is 19.2 Å². The number of rotatable bonds is 4. The molecule has 0 aliphatic carbocycles. The molecule has 8 heteroatoms. The highest BCUT2D eigenvalue weighted by molar-refractivity contribution is 5.88. The third kappa shape index (κ3) is 3.39. The molecule has 0 amide bonds. The predicted octanol–water partition coefficient (Wildman–Crippen LogP) is 2.89. The van der Waals surface area contributed by atoms with Gasteiger partial charge in [0.1, 0.15) is 11.2 Å². The van der Waals surface area contributed by atoms with E-state index in [1.54, 1.807) is 24.3 Å². The Morgan fingerprint density at radius 2 is 1.10 bits per heavy atom. The van der Waals surface area contributed by atoms with Crippen LogP contribution >= 0.6 is 0 Å². The summed E-state index contributed by atoms with van der Waals surface area (Å²) in [4.78, 5) is 46.4. The van der Waals surface area contributed by atoms with Gasteiger partial charge in [0.2, 0.25) is 11.5 Å². The Kier molecular flexibility index (Phi) is 4.23. The second kappa shape index (κ2) is 6.75. The Labute approximate surface area is 161 Å². The van der Waals surface area contributed by atoms with Crippen LogP contribution in [0.1, 0.15) is 32.2 Å². The third-order valence-corrected chi connectivity index (χ3v) is 4.41. The SMILES string of the molecule is O=C(O)c1cc(=O)c2cc(Cc3ccc4oc(C(=O)O)cc(=O)c4c3)ccc2o1. The van der Waals surface area contributed by atoms with Crippen LogP contribution in [0.4, 0.5) is 0 Å². The van der Waals surface area contributed by atoms with Crippen LogP contribution in [0.3, 0.4) is 0 Å². The molecule has 4 aromatic rings. The number of carboxylic acid groups (broad SMARTS) is 2. The van der Waals surface area contributed by atoms with E-state index in [4.69, 9.17) is 19.0 Å². The summed E-state index contributed by atoms with van der Waals surface area (Å²) in [5, 5.41) is 18.5. The highest BCUT2D eigenvalue weighted by Gasteiger charge is 2.13. The summed E-state index contributed by atoms with van der Waals surface area (Å²) in [6.07, 6.45) is 0.381. The molecule has 2 aromatic heterocycles. The molecule has 8 nitrogen and oxygen atoms in total. The Balaban J connectivity index is 1.73. The van der Waals surface area contributed by atoms with Gasteiger partial charge < -0.3 is 19.0 Å². The molecule has 0 saturated heterocycles. The summed E-state index contributed by atoms with van der Waals surface area (Å²) in [6.45, 7) is 0. The van der Waals surface area contributed by atoms with Crippen LogP contribution in [0.15, 0.2) is 67.0 Å². The van der Waals surface area contributed by atoms with Gasteiger partial charge in [0.25, 0.3) is 0 Å². The van der Waals surface area contributed by atoms with E-state index >= 15 is 0 Å². The molecule has 0 aliphatic rings. The van der Waals surface area contributed by atoms with E-state index in [0.717, 1.165) is 23.3 Å². The van der Waals surface area contributed by atoms with Gasteiger partial charge in [-0.2, -0.15) is 0 Å². The first-order valence-corrected chi connectivity index (χ1v) is 8.42. The minimum Gasteiger partial charge on any atom is -0.475 e. The smallest absolute Gasteiger partial charge is 0.371 e. The summed E-state index contributed by atoms with van der Waals surface area (Å²) in [5.74, 6) is -3.52. The molecule has 0 spiro atoms. The second-order valence-electron chi connectivity index (χ2n) is 6.40. The van der Waals surface area contributed by atoms with Crippen molar-refractivity contribution >= 4 is 33.9 Å². The molecular weight excluding hydrogens is 380 g/mol. The zero-order chi connectivity index (χ0) is 20.7. The number of fused-ring (bicyclic) bond motifs is 2. The van der Waals surface area contributed by atoms with Crippen molar-refractivity contribution in [3.8, 4) is 0 Å². The Morgan fingerprint density at radius 3 is 1.48 bits per heavy atom.